The second-order valence-corrected chi connectivity index (χ2v) is 16.1. The maximum atomic E-state index is 13.1. The lowest BCUT2D eigenvalue weighted by Crippen LogP contribution is -2.32. The zero-order valence-corrected chi connectivity index (χ0v) is 19.6. The van der Waals surface area contributed by atoms with Gasteiger partial charge in [0.2, 0.25) is 0 Å². The number of hydrogen-bond acceptors (Lipinski definition) is 3. The van der Waals surface area contributed by atoms with Gasteiger partial charge in [0.15, 0.2) is 17.3 Å². The van der Waals surface area contributed by atoms with E-state index in [4.69, 9.17) is 9.47 Å². The number of fused-ring (bicyclic) bond motifs is 2. The Labute approximate surface area is 171 Å². The van der Waals surface area contributed by atoms with Crippen LogP contribution in [0.5, 0.6) is 11.5 Å². The smallest absolute Gasteiger partial charge is 0.165 e. The molecule has 2 unspecified atom stereocenters. The van der Waals surface area contributed by atoms with E-state index >= 15 is 0 Å². The van der Waals surface area contributed by atoms with E-state index in [1.807, 2.05) is 18.2 Å². The lowest BCUT2D eigenvalue weighted by atomic mass is 9.70. The van der Waals surface area contributed by atoms with Crippen molar-refractivity contribution in [2.24, 2.45) is 16.7 Å². The Morgan fingerprint density at radius 2 is 1.89 bits per heavy atom. The van der Waals surface area contributed by atoms with E-state index in [2.05, 4.69) is 46.5 Å². The van der Waals surface area contributed by atoms with Crippen molar-refractivity contribution in [1.29, 1.82) is 0 Å². The van der Waals surface area contributed by atoms with Gasteiger partial charge in [-0.2, -0.15) is 0 Å². The van der Waals surface area contributed by atoms with Crippen molar-refractivity contribution < 1.29 is 14.3 Å². The molecule has 154 valence electrons. The maximum absolute atomic E-state index is 13.1. The number of ketones is 1. The Balaban J connectivity index is 1.76. The monoisotopic (exact) mass is 400 g/mol. The summed E-state index contributed by atoms with van der Waals surface area (Å²) in [6, 6.07) is 7.27. The highest BCUT2D eigenvalue weighted by molar-refractivity contribution is 6.76. The molecule has 2 atom stereocenters. The third-order valence-corrected chi connectivity index (χ3v) is 9.06. The number of methoxy groups -OCH3 is 1. The maximum Gasteiger partial charge on any atom is 0.165 e. The number of ether oxygens (including phenoxy) is 2. The molecule has 0 heterocycles. The molecule has 0 N–H and O–H groups in total. The minimum atomic E-state index is -1.03. The summed E-state index contributed by atoms with van der Waals surface area (Å²) in [4.78, 5) is 13.1. The van der Waals surface area contributed by atoms with Crippen LogP contribution in [0.3, 0.4) is 0 Å². The molecule has 4 heteroatoms. The van der Waals surface area contributed by atoms with Gasteiger partial charge in [0.25, 0.3) is 0 Å². The molecular formula is C24H36O3Si. The highest BCUT2D eigenvalue weighted by Gasteiger charge is 2.63. The molecule has 0 radical (unpaired) electrons. The van der Waals surface area contributed by atoms with Crippen LogP contribution in [-0.2, 0) is 4.79 Å². The fourth-order valence-electron chi connectivity index (χ4n) is 4.95. The van der Waals surface area contributed by atoms with Crippen molar-refractivity contribution in [3.8, 4) is 11.5 Å². The zero-order valence-electron chi connectivity index (χ0n) is 18.6. The van der Waals surface area contributed by atoms with Gasteiger partial charge in [-0.3, -0.25) is 4.79 Å². The van der Waals surface area contributed by atoms with Crippen LogP contribution in [0.2, 0.25) is 25.7 Å². The Bertz CT molecular complexity index is 788. The van der Waals surface area contributed by atoms with Gasteiger partial charge in [0.05, 0.1) is 13.7 Å². The molecule has 2 aliphatic rings. The summed E-state index contributed by atoms with van der Waals surface area (Å²) in [5, 5.41) is 0. The standard InChI is InChI=1S/C24H36O3Si/c1-23(2)19-11-12-24(23,3)22(25)18(19)15-17-9-10-20(21(16-17)26-4)27-13-8-14-28(5,6)7/h9-10,15-16,19H,8,11-14H2,1-7H3/b18-15+. The summed E-state index contributed by atoms with van der Waals surface area (Å²) in [5.41, 5.74) is 1.83. The summed E-state index contributed by atoms with van der Waals surface area (Å²) in [5.74, 6) is 2.21. The van der Waals surface area contributed by atoms with Crippen LogP contribution in [0.25, 0.3) is 6.08 Å². The molecule has 2 aliphatic carbocycles. The molecule has 2 bridgehead atoms. The first-order valence-electron chi connectivity index (χ1n) is 10.6. The van der Waals surface area contributed by atoms with E-state index in [9.17, 15) is 4.79 Å². The second kappa shape index (κ2) is 7.36. The fourth-order valence-corrected chi connectivity index (χ4v) is 6.16. The summed E-state index contributed by atoms with van der Waals surface area (Å²) in [6.45, 7) is 14.5. The lowest BCUT2D eigenvalue weighted by molar-refractivity contribution is -0.125. The van der Waals surface area contributed by atoms with Crippen molar-refractivity contribution >= 4 is 19.9 Å². The van der Waals surface area contributed by atoms with Crippen LogP contribution >= 0.6 is 0 Å². The average molecular weight is 401 g/mol. The Kier molecular flexibility index (Phi) is 5.57. The largest absolute Gasteiger partial charge is 0.493 e. The molecule has 3 rings (SSSR count). The summed E-state index contributed by atoms with van der Waals surface area (Å²) in [7, 11) is 0.645. The van der Waals surface area contributed by atoms with Gasteiger partial charge < -0.3 is 9.47 Å². The van der Waals surface area contributed by atoms with Gasteiger partial charge in [0, 0.05) is 13.5 Å². The topological polar surface area (TPSA) is 35.5 Å². The summed E-state index contributed by atoms with van der Waals surface area (Å²) >= 11 is 0. The van der Waals surface area contributed by atoms with Gasteiger partial charge in [-0.1, -0.05) is 52.5 Å². The molecule has 1 aromatic carbocycles. The van der Waals surface area contributed by atoms with E-state index < -0.39 is 8.07 Å². The molecule has 0 saturated heterocycles. The van der Waals surface area contributed by atoms with Gasteiger partial charge in [-0.15, -0.1) is 0 Å². The third-order valence-electron chi connectivity index (χ3n) is 7.20. The second-order valence-electron chi connectivity index (χ2n) is 10.5. The number of hydrogen-bond donors (Lipinski definition) is 0. The Morgan fingerprint density at radius 3 is 2.46 bits per heavy atom. The highest BCUT2D eigenvalue weighted by atomic mass is 28.3. The molecule has 2 saturated carbocycles. The SMILES string of the molecule is COc1cc(/C=C2/C(=O)C3(C)CCC2C3(C)C)ccc1OCCC[Si](C)(C)C. The van der Waals surface area contributed by atoms with Crippen molar-refractivity contribution in [3.63, 3.8) is 0 Å². The minimum absolute atomic E-state index is 0.0411. The van der Waals surface area contributed by atoms with Gasteiger partial charge in [-0.25, -0.2) is 0 Å². The van der Waals surface area contributed by atoms with Crippen LogP contribution < -0.4 is 9.47 Å². The lowest BCUT2D eigenvalue weighted by Gasteiger charge is -2.31. The van der Waals surface area contributed by atoms with Crippen LogP contribution in [0.4, 0.5) is 0 Å². The fraction of sp³-hybridized carbons (Fsp3) is 0.625. The van der Waals surface area contributed by atoms with Crippen molar-refractivity contribution in [1.82, 2.24) is 0 Å². The predicted octanol–water partition coefficient (Wildman–Crippen LogP) is 6.21. The third kappa shape index (κ3) is 3.68. The van der Waals surface area contributed by atoms with E-state index in [0.717, 1.165) is 41.9 Å². The molecule has 1 aromatic rings. The van der Waals surface area contributed by atoms with Crippen molar-refractivity contribution in [2.45, 2.75) is 65.7 Å². The number of benzene rings is 1. The molecule has 28 heavy (non-hydrogen) atoms. The quantitative estimate of drug-likeness (QED) is 0.310. The first kappa shape index (κ1) is 21.2. The minimum Gasteiger partial charge on any atom is -0.493 e. The van der Waals surface area contributed by atoms with E-state index in [1.165, 1.54) is 6.04 Å². The molecule has 0 aliphatic heterocycles. The van der Waals surface area contributed by atoms with Crippen molar-refractivity contribution in [2.75, 3.05) is 13.7 Å². The van der Waals surface area contributed by atoms with Crippen LogP contribution in [-0.4, -0.2) is 27.6 Å². The normalized spacial score (nSPS) is 27.5. The van der Waals surface area contributed by atoms with Crippen LogP contribution in [0, 0.1) is 16.7 Å². The first-order chi connectivity index (χ1) is 13.0. The number of rotatable bonds is 7. The van der Waals surface area contributed by atoms with E-state index in [1.54, 1.807) is 7.11 Å². The molecule has 3 nitrogen and oxygen atoms in total. The van der Waals surface area contributed by atoms with Crippen molar-refractivity contribution in [3.05, 3.63) is 29.3 Å². The van der Waals surface area contributed by atoms with Crippen LogP contribution in [0.1, 0.15) is 45.6 Å². The first-order valence-corrected chi connectivity index (χ1v) is 14.3. The van der Waals surface area contributed by atoms with E-state index in [0.29, 0.717) is 18.3 Å². The molecule has 2 fully saturated rings. The number of Topliss-reactive ketones (excluding diaryl/α,β-unsaturated/α-hetero) is 1. The molecule has 0 spiro atoms. The van der Waals surface area contributed by atoms with Gasteiger partial charge in [-0.05, 0) is 59.9 Å². The number of allylic oxidation sites excluding steroid dienone is 1. The summed E-state index contributed by atoms with van der Waals surface area (Å²) < 4.78 is 11.5. The molecule has 0 aromatic heterocycles. The average Bonchev–Trinajstić information content (AvgIpc) is 2.92. The number of carbonyl (C=O) groups excluding carboxylic acids is 1. The molecule has 0 amide bonds. The van der Waals surface area contributed by atoms with E-state index in [-0.39, 0.29) is 10.8 Å². The summed E-state index contributed by atoms with van der Waals surface area (Å²) in [6.07, 6.45) is 5.27. The van der Waals surface area contributed by atoms with Gasteiger partial charge in [0.1, 0.15) is 0 Å². The van der Waals surface area contributed by atoms with Gasteiger partial charge >= 0.3 is 0 Å². The Hall–Kier alpha value is -1.55. The zero-order chi connectivity index (χ0) is 20.7. The van der Waals surface area contributed by atoms with Crippen LogP contribution in [0.15, 0.2) is 23.8 Å². The predicted molar refractivity (Wildman–Crippen MR) is 119 cm³/mol. The number of carbonyl (C=O) groups is 1. The highest BCUT2D eigenvalue weighted by Crippen LogP contribution is 2.65. The Morgan fingerprint density at radius 1 is 1.18 bits per heavy atom. The molecular weight excluding hydrogens is 364 g/mol.